The molecule has 0 aromatic carbocycles. The Kier molecular flexibility index (Phi) is 2.72. The van der Waals surface area contributed by atoms with Crippen molar-refractivity contribution >= 4 is 11.3 Å². The van der Waals surface area contributed by atoms with Crippen LogP contribution < -0.4 is 5.73 Å². The van der Waals surface area contributed by atoms with Crippen molar-refractivity contribution in [1.29, 1.82) is 0 Å². The first-order valence-corrected chi connectivity index (χ1v) is 5.62. The largest absolute Gasteiger partial charge is 0.398 e. The summed E-state index contributed by atoms with van der Waals surface area (Å²) in [5.74, 6) is -1.21. The minimum absolute atomic E-state index is 0.0805. The zero-order chi connectivity index (χ0) is 11.1. The Bertz CT molecular complexity index is 343. The van der Waals surface area contributed by atoms with Crippen LogP contribution in [-0.2, 0) is 0 Å². The molecule has 0 radical (unpaired) electrons. The van der Waals surface area contributed by atoms with E-state index in [4.69, 9.17) is 5.73 Å². The highest BCUT2D eigenvalue weighted by molar-refractivity contribution is 7.09. The molecule has 0 aliphatic heterocycles. The van der Waals surface area contributed by atoms with Gasteiger partial charge >= 0.3 is 6.18 Å². The summed E-state index contributed by atoms with van der Waals surface area (Å²) in [5, 5.41) is 2.31. The van der Waals surface area contributed by atoms with E-state index in [1.165, 1.54) is 16.7 Å². The Hall–Kier alpha value is -0.620. The maximum atomic E-state index is 12.5. The van der Waals surface area contributed by atoms with E-state index in [2.05, 4.69) is 4.98 Å². The highest BCUT2D eigenvalue weighted by Gasteiger charge is 2.41. The number of hydrogen-bond donors (Lipinski definition) is 1. The Morgan fingerprint density at radius 2 is 2.20 bits per heavy atom. The van der Waals surface area contributed by atoms with Gasteiger partial charge in [-0.2, -0.15) is 13.2 Å². The smallest absolute Gasteiger partial charge is 0.329 e. The number of hydrogen-bond acceptors (Lipinski definition) is 3. The molecule has 1 aromatic heterocycles. The molecule has 1 aliphatic rings. The average Bonchev–Trinajstić information content (AvgIpc) is 2.86. The monoisotopic (exact) mass is 236 g/mol. The van der Waals surface area contributed by atoms with Crippen molar-refractivity contribution in [3.8, 4) is 0 Å². The van der Waals surface area contributed by atoms with E-state index >= 15 is 0 Å². The summed E-state index contributed by atoms with van der Waals surface area (Å²) in [7, 11) is 0. The van der Waals surface area contributed by atoms with Crippen LogP contribution in [-0.4, -0.2) is 17.7 Å². The van der Waals surface area contributed by atoms with Gasteiger partial charge in [-0.15, -0.1) is 11.3 Å². The molecule has 0 amide bonds. The lowest BCUT2D eigenvalue weighted by atomic mass is 10.1. The third-order valence-electron chi connectivity index (χ3n) is 2.45. The summed E-state index contributed by atoms with van der Waals surface area (Å²) in [6.45, 7) is -0.433. The molecule has 1 saturated carbocycles. The molecule has 84 valence electrons. The van der Waals surface area contributed by atoms with E-state index in [1.807, 2.05) is 0 Å². The van der Waals surface area contributed by atoms with Crippen molar-refractivity contribution in [2.75, 3.05) is 6.54 Å². The van der Waals surface area contributed by atoms with Crippen LogP contribution in [0.5, 0.6) is 0 Å². The van der Waals surface area contributed by atoms with Crippen LogP contribution in [0.4, 0.5) is 13.2 Å². The number of alkyl halides is 3. The van der Waals surface area contributed by atoms with Crippen molar-refractivity contribution in [3.05, 3.63) is 16.1 Å². The van der Waals surface area contributed by atoms with Crippen LogP contribution in [0.15, 0.2) is 5.38 Å². The Labute approximate surface area is 89.3 Å². The van der Waals surface area contributed by atoms with E-state index in [1.54, 1.807) is 0 Å². The highest BCUT2D eigenvalue weighted by Crippen LogP contribution is 2.43. The van der Waals surface area contributed by atoms with Gasteiger partial charge in [0.05, 0.1) is 10.7 Å². The first-order chi connectivity index (χ1) is 7.02. The molecule has 2 nitrogen and oxygen atoms in total. The zero-order valence-electron chi connectivity index (χ0n) is 7.92. The quantitative estimate of drug-likeness (QED) is 0.876. The fraction of sp³-hybridized carbons (Fsp3) is 0.667. The predicted molar refractivity (Wildman–Crippen MR) is 51.9 cm³/mol. The molecule has 6 heteroatoms. The van der Waals surface area contributed by atoms with E-state index in [0.717, 1.165) is 17.8 Å². The topological polar surface area (TPSA) is 38.9 Å². The fourth-order valence-electron chi connectivity index (χ4n) is 1.40. The van der Waals surface area contributed by atoms with Crippen LogP contribution in [0.25, 0.3) is 0 Å². The molecule has 15 heavy (non-hydrogen) atoms. The molecule has 0 spiro atoms. The minimum Gasteiger partial charge on any atom is -0.329 e. The highest BCUT2D eigenvalue weighted by atomic mass is 32.1. The van der Waals surface area contributed by atoms with Gasteiger partial charge < -0.3 is 5.73 Å². The van der Waals surface area contributed by atoms with Gasteiger partial charge in [0, 0.05) is 17.8 Å². The van der Waals surface area contributed by atoms with Crippen molar-refractivity contribution < 1.29 is 13.2 Å². The van der Waals surface area contributed by atoms with Gasteiger partial charge in [0.1, 0.15) is 5.92 Å². The number of nitrogens with two attached hydrogens (primary N) is 1. The SMILES string of the molecule is NCC(c1csc(C2CC2)n1)C(F)(F)F. The molecule has 1 fully saturated rings. The second-order valence-electron chi connectivity index (χ2n) is 3.71. The lowest BCUT2D eigenvalue weighted by Crippen LogP contribution is -2.28. The van der Waals surface area contributed by atoms with E-state index in [0.29, 0.717) is 5.92 Å². The number of rotatable bonds is 3. The van der Waals surface area contributed by atoms with Gasteiger partial charge in [0.2, 0.25) is 0 Å². The van der Waals surface area contributed by atoms with Crippen molar-refractivity contribution in [2.45, 2.75) is 30.9 Å². The number of nitrogens with zero attached hydrogens (tertiary/aromatic N) is 1. The standard InChI is InChI=1S/C9H11F3N2S/c10-9(11,12)6(3-13)7-4-15-8(14-7)5-1-2-5/h4-6H,1-3,13H2. The Balaban J connectivity index is 2.18. The van der Waals surface area contributed by atoms with E-state index in [9.17, 15) is 13.2 Å². The lowest BCUT2D eigenvalue weighted by Gasteiger charge is -2.15. The van der Waals surface area contributed by atoms with E-state index in [-0.39, 0.29) is 5.69 Å². The van der Waals surface area contributed by atoms with Crippen molar-refractivity contribution in [1.82, 2.24) is 4.98 Å². The summed E-state index contributed by atoms with van der Waals surface area (Å²) >= 11 is 1.31. The first kappa shape index (κ1) is 10.9. The van der Waals surface area contributed by atoms with E-state index < -0.39 is 18.6 Å². The summed E-state index contributed by atoms with van der Waals surface area (Å²) in [6.07, 6.45) is -2.19. The fourth-order valence-corrected chi connectivity index (χ4v) is 2.45. The number of thiazole rings is 1. The molecule has 1 aromatic rings. The predicted octanol–water partition coefficient (Wildman–Crippen LogP) is 2.63. The normalized spacial score (nSPS) is 19.2. The molecule has 2 rings (SSSR count). The summed E-state index contributed by atoms with van der Waals surface area (Å²) in [5.41, 5.74) is 5.22. The van der Waals surface area contributed by atoms with Crippen LogP contribution in [0.3, 0.4) is 0 Å². The third-order valence-corrected chi connectivity index (χ3v) is 3.48. The van der Waals surface area contributed by atoms with Crippen molar-refractivity contribution in [3.63, 3.8) is 0 Å². The number of aromatic nitrogens is 1. The minimum atomic E-state index is -4.29. The van der Waals surface area contributed by atoms with Crippen LogP contribution in [0.1, 0.15) is 35.4 Å². The molecule has 0 saturated heterocycles. The molecule has 1 heterocycles. The van der Waals surface area contributed by atoms with Crippen LogP contribution in [0.2, 0.25) is 0 Å². The molecular formula is C9H11F3N2S. The molecule has 1 unspecified atom stereocenters. The summed E-state index contributed by atoms with van der Waals surface area (Å²) in [6, 6.07) is 0. The second-order valence-corrected chi connectivity index (χ2v) is 4.60. The molecule has 0 bridgehead atoms. The van der Waals surface area contributed by atoms with Gasteiger partial charge in [-0.1, -0.05) is 0 Å². The third kappa shape index (κ3) is 2.31. The molecule has 2 N–H and O–H groups in total. The summed E-state index contributed by atoms with van der Waals surface area (Å²) < 4.78 is 37.6. The first-order valence-electron chi connectivity index (χ1n) is 4.74. The Morgan fingerprint density at radius 1 is 1.53 bits per heavy atom. The van der Waals surface area contributed by atoms with Crippen LogP contribution >= 0.6 is 11.3 Å². The summed E-state index contributed by atoms with van der Waals surface area (Å²) in [4.78, 5) is 4.03. The van der Waals surface area contributed by atoms with Crippen molar-refractivity contribution in [2.24, 2.45) is 5.73 Å². The molecule has 1 atom stereocenters. The number of halogens is 3. The maximum absolute atomic E-state index is 12.5. The maximum Gasteiger partial charge on any atom is 0.398 e. The molecular weight excluding hydrogens is 225 g/mol. The van der Waals surface area contributed by atoms with Gasteiger partial charge in [-0.25, -0.2) is 4.98 Å². The van der Waals surface area contributed by atoms with Gasteiger partial charge in [-0.05, 0) is 12.8 Å². The van der Waals surface area contributed by atoms with Gasteiger partial charge in [-0.3, -0.25) is 0 Å². The van der Waals surface area contributed by atoms with Gasteiger partial charge in [0.25, 0.3) is 0 Å². The van der Waals surface area contributed by atoms with Gasteiger partial charge in [0.15, 0.2) is 0 Å². The zero-order valence-corrected chi connectivity index (χ0v) is 8.74. The average molecular weight is 236 g/mol. The lowest BCUT2D eigenvalue weighted by molar-refractivity contribution is -0.148. The Morgan fingerprint density at radius 3 is 2.67 bits per heavy atom. The van der Waals surface area contributed by atoms with Crippen LogP contribution in [0, 0.1) is 0 Å². The molecule has 1 aliphatic carbocycles. The second kappa shape index (κ2) is 3.75.